The van der Waals surface area contributed by atoms with Gasteiger partial charge in [0.05, 0.1) is 43.3 Å². The first-order chi connectivity index (χ1) is 39.7. The fourth-order valence-electron chi connectivity index (χ4n) is 9.00. The number of amides is 6. The van der Waals surface area contributed by atoms with Gasteiger partial charge < -0.3 is 82.1 Å². The zero-order chi connectivity index (χ0) is 61.2. The monoisotopic (exact) mass is 1250 g/mol. The Morgan fingerprint density at radius 2 is 1.44 bits per heavy atom. The number of primary amides is 1. The molecule has 2 aliphatic rings. The van der Waals surface area contributed by atoms with Gasteiger partial charge in [-0.3, -0.25) is 28.8 Å². The van der Waals surface area contributed by atoms with Gasteiger partial charge in [0.25, 0.3) is 29.5 Å². The number of likely N-dealkylation sites (N-methyl/N-ethyl adjacent to an activating group) is 1. The van der Waals surface area contributed by atoms with Gasteiger partial charge in [-0.2, -0.15) is 0 Å². The number of carbonyl (C=O) groups excluding carboxylic acids is 6. The van der Waals surface area contributed by atoms with Crippen LogP contribution in [0.3, 0.4) is 0 Å². The highest BCUT2D eigenvalue weighted by atomic mass is 32.1. The van der Waals surface area contributed by atoms with Gasteiger partial charge >= 0.3 is 5.97 Å². The Hall–Kier alpha value is -7.61. The lowest BCUT2D eigenvalue weighted by Gasteiger charge is -2.47. The van der Waals surface area contributed by atoms with Crippen LogP contribution in [0.25, 0.3) is 38.4 Å². The first-order valence-electron chi connectivity index (χ1n) is 24.9. The summed E-state index contributed by atoms with van der Waals surface area (Å²) in [6.07, 6.45) is -8.27. The first-order valence-corrected chi connectivity index (χ1v) is 29.3. The second kappa shape index (κ2) is 25.7. The van der Waals surface area contributed by atoms with E-state index in [-0.39, 0.29) is 88.3 Å². The van der Waals surface area contributed by atoms with Gasteiger partial charge in [0.15, 0.2) is 12.4 Å². The molecule has 6 aromatic heterocycles. The Kier molecular flexibility index (Phi) is 19.1. The number of rotatable bonds is 13. The number of thiazole rings is 5. The molecule has 84 heavy (non-hydrogen) atoms. The molecule has 446 valence electrons. The van der Waals surface area contributed by atoms with E-state index in [4.69, 9.17) is 29.9 Å². The van der Waals surface area contributed by atoms with E-state index in [1.165, 1.54) is 60.8 Å². The van der Waals surface area contributed by atoms with E-state index in [1.54, 1.807) is 25.9 Å². The third-order valence-electron chi connectivity index (χ3n) is 13.0. The van der Waals surface area contributed by atoms with Crippen molar-refractivity contribution in [3.8, 4) is 38.4 Å². The van der Waals surface area contributed by atoms with Crippen LogP contribution in [0.1, 0.15) is 103 Å². The third kappa shape index (κ3) is 13.5. The Morgan fingerprint density at radius 1 is 0.857 bits per heavy atom. The van der Waals surface area contributed by atoms with Crippen LogP contribution in [0, 0.1) is 0 Å². The Morgan fingerprint density at radius 3 is 2.06 bits per heavy atom. The first kappa shape index (κ1) is 62.4. The Labute approximate surface area is 496 Å². The molecular weight excluding hydrogens is 1200 g/mol. The second-order valence-electron chi connectivity index (χ2n) is 19.4. The predicted octanol–water partition coefficient (Wildman–Crippen LogP) is 1.32. The predicted molar refractivity (Wildman–Crippen MR) is 303 cm³/mol. The largest absolute Gasteiger partial charge is 0.506 e. The highest BCUT2D eigenvalue weighted by molar-refractivity contribution is 7.14. The zero-order valence-electron chi connectivity index (χ0n) is 45.3. The normalized spacial score (nSPS) is 23.2. The van der Waals surface area contributed by atoms with Crippen LogP contribution in [0.5, 0.6) is 5.75 Å². The molecule has 8 rings (SSSR count). The average Bonchev–Trinajstić information content (AvgIpc) is 2.66. The topological polar surface area (TPSA) is 435 Å². The average molecular weight is 1250 g/mol. The molecule has 10 unspecified atom stereocenters. The number of fused-ring (bicyclic) bond motifs is 11. The number of hydrogen-bond acceptors (Lipinski definition) is 27. The Bertz CT molecular complexity index is 3570. The molecular formula is C50H55N13O16S5. The standard InChI is InChI=1S/C50H55N13O16S5/c1-17(38(51)68)52-39(69)24-14-83-47(57-24)33-28(66)9-21-32(59-33)23-12-81-45(54-23)22(11-64)53-40(70)25-15-84-48(58-25)34(35(67)36(49(74)75)79-29-10-50(5,76)37(63(6)7)20(4)78-29)62-42(72)27-16-82-46(56-27)31(19(3)77-8)61-43(73)30(18(2)65)60-41(71)26-13-80-44(21)55-26/h9,12-16,18,20,22,29-30,34-37,64-67,76H,1,10-11H2,2-8H3,(H2,51,68)(H,52,69)(H,53,70)(H,60,71)(H,61,73)(H,62,72)(H,74,75)/b31-19+. The molecule has 6 aromatic rings. The summed E-state index contributed by atoms with van der Waals surface area (Å²) in [7, 11) is 4.74. The molecule has 0 aliphatic carbocycles. The summed E-state index contributed by atoms with van der Waals surface area (Å²) < 4.78 is 17.4. The van der Waals surface area contributed by atoms with Gasteiger partial charge in [-0.25, -0.2) is 34.7 Å². The SMILES string of the molecule is C=C(NC(=O)c1csc(-c2nc3c(cc2O)-c2nc(cs2)C(=O)NC(C(C)O)C(=O)N/C(=C(\C)OC)c2nc(cs2)C(=O)NC(C(O)C(OC2CC(C)(O)C(N(C)C)C(C)O2)C(=O)O)c2nc(cs2)C(=O)NC(CO)c2nc-3cs2)n1)C(N)=O. The van der Waals surface area contributed by atoms with E-state index in [1.807, 2.05) is 0 Å². The number of aliphatic hydroxyl groups excluding tert-OH is 3. The summed E-state index contributed by atoms with van der Waals surface area (Å²) in [4.78, 5) is 123. The van der Waals surface area contributed by atoms with E-state index in [0.717, 1.165) is 56.7 Å². The number of aliphatic hydroxyl groups is 4. The number of carboxylic acids is 1. The van der Waals surface area contributed by atoms with Crippen molar-refractivity contribution in [2.75, 3.05) is 27.8 Å². The van der Waals surface area contributed by atoms with Crippen molar-refractivity contribution in [1.82, 2.24) is 61.4 Å². The number of aromatic hydroxyl groups is 1. The molecule has 1 saturated heterocycles. The fraction of sp³-hybridized carbons (Fsp3) is 0.380. The number of nitrogens with one attached hydrogen (secondary N) is 5. The summed E-state index contributed by atoms with van der Waals surface area (Å²) in [5.74, 6) is -7.80. The van der Waals surface area contributed by atoms with Crippen LogP contribution in [-0.2, 0) is 28.6 Å². The number of methoxy groups -OCH3 is 1. The molecule has 29 nitrogen and oxygen atoms in total. The minimum atomic E-state index is -2.20. The molecule has 6 amide bonds. The maximum atomic E-state index is 14.3. The van der Waals surface area contributed by atoms with Crippen molar-refractivity contribution in [3.63, 3.8) is 0 Å². The third-order valence-corrected chi connectivity index (χ3v) is 17.5. The van der Waals surface area contributed by atoms with E-state index in [2.05, 4.69) is 53.1 Å². The van der Waals surface area contributed by atoms with Crippen molar-refractivity contribution in [3.05, 3.63) is 88.8 Å². The smallest absolute Gasteiger partial charge is 0.335 e. The molecule has 2 aliphatic heterocycles. The number of nitrogens with zero attached hydrogens (tertiary/aromatic N) is 7. The number of pyridine rings is 1. The Balaban J connectivity index is 1.21. The molecule has 8 bridgehead atoms. The van der Waals surface area contributed by atoms with Crippen LogP contribution < -0.4 is 32.3 Å². The molecule has 0 spiro atoms. The van der Waals surface area contributed by atoms with Crippen LogP contribution in [-0.4, -0.2) is 183 Å². The summed E-state index contributed by atoms with van der Waals surface area (Å²) in [5.41, 5.74) is 2.15. The fourth-order valence-corrected chi connectivity index (χ4v) is 13.2. The maximum absolute atomic E-state index is 14.3. The van der Waals surface area contributed by atoms with Crippen molar-refractivity contribution in [1.29, 1.82) is 0 Å². The molecule has 34 heteroatoms. The number of carboxylic acid groups (broad SMARTS) is 1. The molecule has 8 heterocycles. The van der Waals surface area contributed by atoms with E-state index >= 15 is 0 Å². The minimum absolute atomic E-state index is 0.00547. The molecule has 1 fully saturated rings. The number of ether oxygens (including phenoxy) is 3. The van der Waals surface area contributed by atoms with Gasteiger partial charge in [-0.1, -0.05) is 6.58 Å². The van der Waals surface area contributed by atoms with E-state index < -0.39 is 120 Å². The minimum Gasteiger partial charge on any atom is -0.506 e. The van der Waals surface area contributed by atoms with Crippen molar-refractivity contribution < 1.29 is 78.4 Å². The zero-order valence-corrected chi connectivity index (χ0v) is 49.4. The molecule has 10 atom stereocenters. The number of aromatic nitrogens is 6. The van der Waals surface area contributed by atoms with Crippen LogP contribution in [0.15, 0.2) is 51.0 Å². The van der Waals surface area contributed by atoms with Crippen molar-refractivity contribution >= 4 is 104 Å². The van der Waals surface area contributed by atoms with E-state index in [0.29, 0.717) is 0 Å². The highest BCUT2D eigenvalue weighted by Gasteiger charge is 2.48. The van der Waals surface area contributed by atoms with Gasteiger partial charge in [0.2, 0.25) is 5.91 Å². The highest BCUT2D eigenvalue weighted by Crippen LogP contribution is 2.41. The quantitative estimate of drug-likeness (QED) is 0.0573. The summed E-state index contributed by atoms with van der Waals surface area (Å²) in [6, 6.07) is -4.01. The lowest BCUT2D eigenvalue weighted by Crippen LogP contribution is -2.61. The molecule has 0 aromatic carbocycles. The summed E-state index contributed by atoms with van der Waals surface area (Å²) in [6.45, 7) is 8.55. The maximum Gasteiger partial charge on any atom is 0.335 e. The number of nitrogens with two attached hydrogens (primary N) is 1. The van der Waals surface area contributed by atoms with Crippen molar-refractivity contribution in [2.24, 2.45) is 5.73 Å². The summed E-state index contributed by atoms with van der Waals surface area (Å²) >= 11 is 4.34. The van der Waals surface area contributed by atoms with Crippen molar-refractivity contribution in [2.45, 2.75) is 94.6 Å². The van der Waals surface area contributed by atoms with Crippen LogP contribution in [0.2, 0.25) is 0 Å². The lowest BCUT2D eigenvalue weighted by atomic mass is 9.85. The number of allylic oxidation sites excluding steroid dienone is 1. The van der Waals surface area contributed by atoms with Gasteiger partial charge in [0.1, 0.15) is 106 Å². The number of hydrogen-bond donors (Lipinski definition) is 12. The van der Waals surface area contributed by atoms with Gasteiger partial charge in [-0.15, -0.1) is 56.7 Å². The molecule has 0 radical (unpaired) electrons. The van der Waals surface area contributed by atoms with Crippen LogP contribution in [0.4, 0.5) is 0 Å². The van der Waals surface area contributed by atoms with Gasteiger partial charge in [-0.05, 0) is 47.9 Å². The van der Waals surface area contributed by atoms with Gasteiger partial charge in [0, 0.05) is 38.9 Å². The van der Waals surface area contributed by atoms with Crippen LogP contribution >= 0.6 is 56.7 Å². The number of aliphatic carboxylic acids is 1. The number of carbonyl (C=O) groups is 7. The summed E-state index contributed by atoms with van der Waals surface area (Å²) in [5, 5.41) is 86.5. The van der Waals surface area contributed by atoms with E-state index in [9.17, 15) is 64.2 Å². The second-order valence-corrected chi connectivity index (χ2v) is 23.8. The molecule has 13 N–H and O–H groups in total. The lowest BCUT2D eigenvalue weighted by molar-refractivity contribution is -0.277. The molecule has 0 saturated carbocycles.